The van der Waals surface area contributed by atoms with E-state index in [0.29, 0.717) is 11.1 Å². The summed E-state index contributed by atoms with van der Waals surface area (Å²) in [4.78, 5) is 5.31. The molecule has 0 aromatic carbocycles. The summed E-state index contributed by atoms with van der Waals surface area (Å²) in [5.41, 5.74) is 0.0553. The van der Waals surface area contributed by atoms with Gasteiger partial charge in [0, 0.05) is 5.41 Å². The van der Waals surface area contributed by atoms with E-state index in [4.69, 9.17) is 9.47 Å². The number of ether oxygens (including phenoxy) is 2. The Kier molecular flexibility index (Phi) is 2.81. The van der Waals surface area contributed by atoms with Gasteiger partial charge in [0.2, 0.25) is 5.88 Å². The van der Waals surface area contributed by atoms with E-state index in [1.165, 1.54) is 11.3 Å². The summed E-state index contributed by atoms with van der Waals surface area (Å²) >= 11 is 1.53. The van der Waals surface area contributed by atoms with Crippen molar-refractivity contribution < 1.29 is 9.47 Å². The summed E-state index contributed by atoms with van der Waals surface area (Å²) in [6, 6.07) is 0. The Morgan fingerprint density at radius 2 is 1.77 bits per heavy atom. The van der Waals surface area contributed by atoms with Crippen molar-refractivity contribution in [3.05, 3.63) is 4.88 Å². The summed E-state index contributed by atoms with van der Waals surface area (Å²) in [6.45, 7) is 6.38. The predicted octanol–water partition coefficient (Wildman–Crippen LogP) is 2.46. The smallest absolute Gasteiger partial charge is 0.276 e. The van der Waals surface area contributed by atoms with Crippen molar-refractivity contribution in [2.75, 3.05) is 14.2 Å². The Labute approximate surface area is 82.7 Å². The number of nitrogens with zero attached hydrogens (tertiary/aromatic N) is 1. The van der Waals surface area contributed by atoms with Crippen LogP contribution in [0.5, 0.6) is 11.1 Å². The van der Waals surface area contributed by atoms with E-state index < -0.39 is 0 Å². The quantitative estimate of drug-likeness (QED) is 0.736. The summed E-state index contributed by atoms with van der Waals surface area (Å²) < 4.78 is 10.2. The first kappa shape index (κ1) is 10.3. The Bertz CT molecular complexity index is 288. The molecular formula is C9H15NO2S. The molecule has 1 rings (SSSR count). The molecule has 0 atom stereocenters. The molecule has 1 aromatic rings. The number of thiazole rings is 1. The first-order valence-corrected chi connectivity index (χ1v) is 4.90. The van der Waals surface area contributed by atoms with Gasteiger partial charge in [0.25, 0.3) is 5.19 Å². The van der Waals surface area contributed by atoms with E-state index >= 15 is 0 Å². The van der Waals surface area contributed by atoms with Gasteiger partial charge in [-0.2, -0.15) is 4.98 Å². The van der Waals surface area contributed by atoms with E-state index in [0.717, 1.165) is 4.88 Å². The molecule has 1 heterocycles. The molecule has 0 aliphatic carbocycles. The maximum absolute atomic E-state index is 5.17. The molecule has 0 unspecified atom stereocenters. The summed E-state index contributed by atoms with van der Waals surface area (Å²) in [7, 11) is 3.24. The van der Waals surface area contributed by atoms with Crippen LogP contribution in [0.3, 0.4) is 0 Å². The highest BCUT2D eigenvalue weighted by molar-refractivity contribution is 7.13. The minimum atomic E-state index is 0.0553. The molecule has 4 heteroatoms. The van der Waals surface area contributed by atoms with Crippen LogP contribution in [0.1, 0.15) is 25.6 Å². The summed E-state index contributed by atoms with van der Waals surface area (Å²) in [5, 5.41) is 0.654. The van der Waals surface area contributed by atoms with E-state index in [2.05, 4.69) is 25.8 Å². The van der Waals surface area contributed by atoms with E-state index in [1.807, 2.05) is 0 Å². The summed E-state index contributed by atoms with van der Waals surface area (Å²) in [6.07, 6.45) is 0. The maximum atomic E-state index is 5.17. The standard InChI is InChI=1S/C9H15NO2S/c1-9(2,3)6-7(11-4)10-8(12-5)13-6/h1-5H3. The van der Waals surface area contributed by atoms with Crippen molar-refractivity contribution in [3.8, 4) is 11.1 Å². The average molecular weight is 201 g/mol. The van der Waals surface area contributed by atoms with Crippen LogP contribution in [0, 0.1) is 0 Å². The zero-order chi connectivity index (χ0) is 10.1. The molecule has 0 aliphatic rings. The van der Waals surface area contributed by atoms with Gasteiger partial charge in [0.1, 0.15) is 0 Å². The van der Waals surface area contributed by atoms with Gasteiger partial charge in [-0.25, -0.2) is 0 Å². The van der Waals surface area contributed by atoms with Crippen LogP contribution in [0.2, 0.25) is 0 Å². The van der Waals surface area contributed by atoms with Crippen LogP contribution in [0.4, 0.5) is 0 Å². The van der Waals surface area contributed by atoms with Gasteiger partial charge < -0.3 is 9.47 Å². The SMILES string of the molecule is COc1nc(OC)c(C(C)(C)C)s1. The minimum absolute atomic E-state index is 0.0553. The van der Waals surface area contributed by atoms with Gasteiger partial charge in [-0.1, -0.05) is 32.1 Å². The Hall–Kier alpha value is -0.770. The zero-order valence-corrected chi connectivity index (χ0v) is 9.49. The van der Waals surface area contributed by atoms with Crippen molar-refractivity contribution in [2.24, 2.45) is 0 Å². The Morgan fingerprint density at radius 3 is 2.08 bits per heavy atom. The molecule has 0 saturated carbocycles. The molecule has 0 saturated heterocycles. The van der Waals surface area contributed by atoms with Crippen molar-refractivity contribution in [1.29, 1.82) is 0 Å². The topological polar surface area (TPSA) is 31.4 Å². The van der Waals surface area contributed by atoms with Crippen molar-refractivity contribution in [3.63, 3.8) is 0 Å². The number of rotatable bonds is 2. The Morgan fingerprint density at radius 1 is 1.15 bits per heavy atom. The normalized spacial score (nSPS) is 11.5. The van der Waals surface area contributed by atoms with Gasteiger partial charge in [0.05, 0.1) is 19.1 Å². The molecule has 13 heavy (non-hydrogen) atoms. The second kappa shape index (κ2) is 3.54. The largest absolute Gasteiger partial charge is 0.480 e. The monoisotopic (exact) mass is 201 g/mol. The van der Waals surface area contributed by atoms with Gasteiger partial charge in [0.15, 0.2) is 0 Å². The van der Waals surface area contributed by atoms with Crippen LogP contribution >= 0.6 is 11.3 Å². The van der Waals surface area contributed by atoms with Gasteiger partial charge in [-0.15, -0.1) is 0 Å². The fourth-order valence-electron chi connectivity index (χ4n) is 0.987. The molecule has 0 amide bonds. The lowest BCUT2D eigenvalue weighted by Crippen LogP contribution is -2.10. The molecule has 0 radical (unpaired) electrons. The Balaban J connectivity index is 3.11. The third-order valence-corrected chi connectivity index (χ3v) is 3.05. The molecule has 0 bridgehead atoms. The highest BCUT2D eigenvalue weighted by Gasteiger charge is 2.24. The molecule has 1 aromatic heterocycles. The van der Waals surface area contributed by atoms with Crippen molar-refractivity contribution >= 4 is 11.3 Å². The van der Waals surface area contributed by atoms with Crippen molar-refractivity contribution in [1.82, 2.24) is 4.98 Å². The van der Waals surface area contributed by atoms with Crippen LogP contribution in [-0.4, -0.2) is 19.2 Å². The van der Waals surface area contributed by atoms with Gasteiger partial charge >= 0.3 is 0 Å². The fraction of sp³-hybridized carbons (Fsp3) is 0.667. The molecule has 0 N–H and O–H groups in total. The number of hydrogen-bond donors (Lipinski definition) is 0. The highest BCUT2D eigenvalue weighted by atomic mass is 32.1. The third kappa shape index (κ3) is 2.12. The minimum Gasteiger partial charge on any atom is -0.480 e. The number of aromatic nitrogens is 1. The fourth-order valence-corrected chi connectivity index (χ4v) is 1.90. The molecule has 74 valence electrons. The molecule has 0 aliphatic heterocycles. The first-order chi connectivity index (χ1) is 5.99. The van der Waals surface area contributed by atoms with Crippen LogP contribution in [0.25, 0.3) is 0 Å². The zero-order valence-electron chi connectivity index (χ0n) is 8.67. The van der Waals surface area contributed by atoms with Gasteiger partial charge in [-0.05, 0) is 0 Å². The summed E-state index contributed by atoms with van der Waals surface area (Å²) in [5.74, 6) is 0.675. The number of hydrogen-bond acceptors (Lipinski definition) is 4. The van der Waals surface area contributed by atoms with E-state index in [9.17, 15) is 0 Å². The number of methoxy groups -OCH3 is 2. The lowest BCUT2D eigenvalue weighted by atomic mass is 9.95. The van der Waals surface area contributed by atoms with E-state index in [1.54, 1.807) is 14.2 Å². The third-order valence-electron chi connectivity index (χ3n) is 1.63. The highest BCUT2D eigenvalue weighted by Crippen LogP contribution is 2.39. The van der Waals surface area contributed by atoms with Crippen LogP contribution in [0.15, 0.2) is 0 Å². The lowest BCUT2D eigenvalue weighted by molar-refractivity contribution is 0.369. The molecule has 0 spiro atoms. The second-order valence-electron chi connectivity index (χ2n) is 3.77. The average Bonchev–Trinajstić information content (AvgIpc) is 2.46. The van der Waals surface area contributed by atoms with Crippen molar-refractivity contribution in [2.45, 2.75) is 26.2 Å². The molecular weight excluding hydrogens is 186 g/mol. The van der Waals surface area contributed by atoms with Crippen LogP contribution in [-0.2, 0) is 5.41 Å². The molecule has 0 fully saturated rings. The van der Waals surface area contributed by atoms with Gasteiger partial charge in [-0.3, -0.25) is 0 Å². The predicted molar refractivity (Wildman–Crippen MR) is 53.9 cm³/mol. The lowest BCUT2D eigenvalue weighted by Gasteiger charge is -2.16. The van der Waals surface area contributed by atoms with Crippen LogP contribution < -0.4 is 9.47 Å². The maximum Gasteiger partial charge on any atom is 0.276 e. The van der Waals surface area contributed by atoms with E-state index in [-0.39, 0.29) is 5.41 Å². The molecule has 3 nitrogen and oxygen atoms in total. The second-order valence-corrected chi connectivity index (χ2v) is 4.73. The first-order valence-electron chi connectivity index (χ1n) is 4.08.